The van der Waals surface area contributed by atoms with E-state index in [-0.39, 0.29) is 23.4 Å². The van der Waals surface area contributed by atoms with Gasteiger partial charge in [0, 0.05) is 12.3 Å². The summed E-state index contributed by atoms with van der Waals surface area (Å²) in [6, 6.07) is 10.8. The van der Waals surface area contributed by atoms with Gasteiger partial charge in [-0.15, -0.1) is 5.10 Å². The first-order chi connectivity index (χ1) is 15.4. The maximum atomic E-state index is 13.2. The van der Waals surface area contributed by atoms with Crippen molar-refractivity contribution in [1.82, 2.24) is 24.5 Å². The summed E-state index contributed by atoms with van der Waals surface area (Å²) in [6.45, 7) is 0.408. The van der Waals surface area contributed by atoms with Crippen molar-refractivity contribution in [2.45, 2.75) is 13.3 Å². The van der Waals surface area contributed by atoms with Crippen LogP contribution in [-0.2, 0) is 13.3 Å². The van der Waals surface area contributed by atoms with Crippen LogP contribution in [0.4, 0.5) is 10.3 Å². The summed E-state index contributed by atoms with van der Waals surface area (Å²) in [6.07, 6.45) is 3.05. The van der Waals surface area contributed by atoms with Gasteiger partial charge in [0.15, 0.2) is 12.4 Å². The monoisotopic (exact) mass is 494 g/mol. The van der Waals surface area contributed by atoms with Crippen LogP contribution in [0.25, 0.3) is 0 Å². The van der Waals surface area contributed by atoms with Crippen molar-refractivity contribution in [2.75, 3.05) is 5.32 Å². The predicted molar refractivity (Wildman–Crippen MR) is 118 cm³/mol. The van der Waals surface area contributed by atoms with E-state index >= 15 is 0 Å². The van der Waals surface area contributed by atoms with Crippen LogP contribution in [0.3, 0.4) is 0 Å². The van der Waals surface area contributed by atoms with Crippen LogP contribution >= 0.6 is 34.8 Å². The van der Waals surface area contributed by atoms with Crippen LogP contribution in [0.1, 0.15) is 16.1 Å². The Morgan fingerprint density at radius 1 is 1.00 bits per heavy atom. The molecule has 0 aliphatic rings. The highest BCUT2D eigenvalue weighted by Gasteiger charge is 2.13. The lowest BCUT2D eigenvalue weighted by atomic mass is 10.2. The number of rotatable bonds is 7. The fraction of sp³-hybridized carbons (Fsp3) is 0.100. The van der Waals surface area contributed by atoms with Gasteiger partial charge in [-0.05, 0) is 35.9 Å². The molecule has 2 aromatic heterocycles. The Morgan fingerprint density at radius 3 is 2.62 bits per heavy atom. The minimum atomic E-state index is -0.537. The normalized spacial score (nSPS) is 10.9. The van der Waals surface area contributed by atoms with Gasteiger partial charge in [0.05, 0.1) is 21.6 Å². The lowest BCUT2D eigenvalue weighted by Gasteiger charge is -2.06. The molecule has 0 spiro atoms. The van der Waals surface area contributed by atoms with E-state index in [0.29, 0.717) is 22.3 Å². The molecule has 0 aliphatic heterocycles. The van der Waals surface area contributed by atoms with Gasteiger partial charge in [-0.2, -0.15) is 5.10 Å². The zero-order valence-electron chi connectivity index (χ0n) is 16.2. The molecule has 1 N–H and O–H groups in total. The summed E-state index contributed by atoms with van der Waals surface area (Å²) in [4.78, 5) is 16.5. The van der Waals surface area contributed by atoms with E-state index in [2.05, 4.69) is 20.5 Å². The minimum Gasteiger partial charge on any atom is -0.471 e. The van der Waals surface area contributed by atoms with E-state index in [1.807, 2.05) is 6.07 Å². The first-order valence-electron chi connectivity index (χ1n) is 9.13. The highest BCUT2D eigenvalue weighted by Crippen LogP contribution is 2.23. The van der Waals surface area contributed by atoms with Crippen LogP contribution in [-0.4, -0.2) is 30.5 Å². The minimum absolute atomic E-state index is 0.00572. The topological polar surface area (TPSA) is 86.9 Å². The average molecular weight is 496 g/mol. The molecule has 0 aliphatic carbocycles. The Morgan fingerprint density at radius 2 is 1.84 bits per heavy atom. The maximum Gasteiger partial charge on any atom is 0.278 e. The number of carbonyl (C=O) groups excluding carboxylic acids is 1. The summed E-state index contributed by atoms with van der Waals surface area (Å²) in [5.41, 5.74) is 1.02. The van der Waals surface area contributed by atoms with Gasteiger partial charge in [-0.1, -0.05) is 40.9 Å². The first-order valence-corrected chi connectivity index (χ1v) is 10.3. The second-order valence-electron chi connectivity index (χ2n) is 6.56. The Bertz CT molecular complexity index is 1280. The highest BCUT2D eigenvalue weighted by atomic mass is 35.5. The average Bonchev–Trinajstić information content (AvgIpc) is 3.41. The fourth-order valence-corrected chi connectivity index (χ4v) is 3.17. The highest BCUT2D eigenvalue weighted by molar-refractivity contribution is 6.42. The van der Waals surface area contributed by atoms with Crippen LogP contribution in [0.2, 0.25) is 15.1 Å². The van der Waals surface area contributed by atoms with E-state index in [9.17, 15) is 9.18 Å². The first kappa shape index (κ1) is 22.1. The Labute approximate surface area is 196 Å². The molecule has 2 aromatic carbocycles. The lowest BCUT2D eigenvalue weighted by Crippen LogP contribution is -2.15. The second-order valence-corrected chi connectivity index (χ2v) is 7.78. The van der Waals surface area contributed by atoms with E-state index in [0.717, 1.165) is 5.56 Å². The predicted octanol–water partition coefficient (Wildman–Crippen LogP) is 4.91. The molecule has 1 amide bonds. The number of hydrogen-bond donors (Lipinski definition) is 1. The molecule has 2 heterocycles. The molecule has 0 radical (unpaired) electrons. The molecular formula is C20H14Cl3FN6O2. The van der Waals surface area contributed by atoms with Crippen molar-refractivity contribution in [3.8, 4) is 5.75 Å². The number of ether oxygens (including phenoxy) is 1. The molecule has 0 fully saturated rings. The smallest absolute Gasteiger partial charge is 0.278 e. The zero-order chi connectivity index (χ0) is 22.7. The third kappa shape index (κ3) is 5.37. The number of amides is 1. The standard InChI is InChI=1S/C20H14Cl3FN6O2/c21-14-3-1-12(7-15(14)22)9-30-10-25-20(28-30)26-19(31)18-5-6-29(27-18)11-32-13-2-4-17(24)16(23)8-13/h1-8,10H,9,11H2,(H,26,28,31). The molecule has 0 saturated heterocycles. The van der Waals surface area contributed by atoms with E-state index in [4.69, 9.17) is 39.5 Å². The molecule has 8 nitrogen and oxygen atoms in total. The van der Waals surface area contributed by atoms with Gasteiger partial charge in [0.2, 0.25) is 5.95 Å². The van der Waals surface area contributed by atoms with Gasteiger partial charge in [0.1, 0.15) is 17.9 Å². The quantitative estimate of drug-likeness (QED) is 0.394. The van der Waals surface area contributed by atoms with Gasteiger partial charge in [-0.3, -0.25) is 10.1 Å². The van der Waals surface area contributed by atoms with Crippen molar-refractivity contribution in [2.24, 2.45) is 0 Å². The molecular weight excluding hydrogens is 482 g/mol. The maximum absolute atomic E-state index is 13.2. The van der Waals surface area contributed by atoms with Crippen LogP contribution in [0.15, 0.2) is 55.0 Å². The summed E-state index contributed by atoms with van der Waals surface area (Å²) in [5, 5.41) is 11.8. The molecule has 4 rings (SSSR count). The molecule has 164 valence electrons. The number of nitrogens with zero attached hydrogens (tertiary/aromatic N) is 5. The summed E-state index contributed by atoms with van der Waals surface area (Å²) in [5.74, 6) is -0.526. The fourth-order valence-electron chi connectivity index (χ4n) is 2.68. The number of halogens is 4. The summed E-state index contributed by atoms with van der Waals surface area (Å²) >= 11 is 17.7. The van der Waals surface area contributed by atoms with Gasteiger partial charge >= 0.3 is 0 Å². The number of benzene rings is 2. The van der Waals surface area contributed by atoms with Crippen LogP contribution in [0, 0.1) is 5.82 Å². The van der Waals surface area contributed by atoms with E-state index < -0.39 is 11.7 Å². The largest absolute Gasteiger partial charge is 0.471 e. The number of hydrogen-bond acceptors (Lipinski definition) is 5. The molecule has 0 bridgehead atoms. The molecule has 32 heavy (non-hydrogen) atoms. The molecule has 0 unspecified atom stereocenters. The lowest BCUT2D eigenvalue weighted by molar-refractivity contribution is 0.101. The number of aromatic nitrogens is 5. The Kier molecular flexibility index (Phi) is 6.59. The van der Waals surface area contributed by atoms with Crippen molar-refractivity contribution >= 4 is 46.7 Å². The zero-order valence-corrected chi connectivity index (χ0v) is 18.4. The molecule has 0 saturated carbocycles. The molecule has 12 heteroatoms. The molecule has 4 aromatic rings. The summed E-state index contributed by atoms with van der Waals surface area (Å²) < 4.78 is 21.6. The van der Waals surface area contributed by atoms with Gasteiger partial charge in [0.25, 0.3) is 5.91 Å². The Balaban J connectivity index is 1.33. The van der Waals surface area contributed by atoms with Crippen LogP contribution < -0.4 is 10.1 Å². The SMILES string of the molecule is O=C(Nc1ncn(Cc2ccc(Cl)c(Cl)c2)n1)c1ccn(COc2ccc(F)c(Cl)c2)n1. The number of anilines is 1. The third-order valence-corrected chi connectivity index (χ3v) is 5.25. The van der Waals surface area contributed by atoms with Crippen molar-refractivity contribution in [3.05, 3.63) is 87.1 Å². The third-order valence-electron chi connectivity index (χ3n) is 4.22. The van der Waals surface area contributed by atoms with Crippen molar-refractivity contribution in [1.29, 1.82) is 0 Å². The van der Waals surface area contributed by atoms with Gasteiger partial charge in [-0.25, -0.2) is 18.7 Å². The van der Waals surface area contributed by atoms with E-state index in [1.54, 1.807) is 23.0 Å². The Hall–Kier alpha value is -3.14. The number of nitrogens with one attached hydrogen (secondary N) is 1. The number of carbonyl (C=O) groups is 1. The summed E-state index contributed by atoms with van der Waals surface area (Å²) in [7, 11) is 0. The van der Waals surface area contributed by atoms with Crippen molar-refractivity contribution in [3.63, 3.8) is 0 Å². The molecule has 0 atom stereocenters. The van der Waals surface area contributed by atoms with Gasteiger partial charge < -0.3 is 4.74 Å². The van der Waals surface area contributed by atoms with Crippen LogP contribution in [0.5, 0.6) is 5.75 Å². The van der Waals surface area contributed by atoms with Crippen molar-refractivity contribution < 1.29 is 13.9 Å². The van der Waals surface area contributed by atoms with E-state index in [1.165, 1.54) is 35.3 Å². The second kappa shape index (κ2) is 9.56.